The minimum Gasteiger partial charge on any atom is -0.493 e. The molecule has 1 rings (SSSR count). The summed E-state index contributed by atoms with van der Waals surface area (Å²) in [6, 6.07) is 7.48. The van der Waals surface area contributed by atoms with Crippen LogP contribution in [0.4, 0.5) is 0 Å². The van der Waals surface area contributed by atoms with Gasteiger partial charge >= 0.3 is 0 Å². The van der Waals surface area contributed by atoms with Gasteiger partial charge in [-0.05, 0) is 67.1 Å². The molecule has 0 heterocycles. The van der Waals surface area contributed by atoms with Crippen LogP contribution in [-0.4, -0.2) is 18.6 Å². The van der Waals surface area contributed by atoms with E-state index in [9.17, 15) is 4.79 Å². The van der Waals surface area contributed by atoms with Crippen LogP contribution in [-0.2, 0) is 4.79 Å². The minimum atomic E-state index is -0.355. The zero-order chi connectivity index (χ0) is 15.1. The first-order valence-electron chi connectivity index (χ1n) is 6.33. The van der Waals surface area contributed by atoms with Crippen molar-refractivity contribution in [1.29, 1.82) is 5.26 Å². The Morgan fingerprint density at radius 1 is 1.55 bits per heavy atom. The molecule has 0 fully saturated rings. The lowest BCUT2D eigenvalue weighted by Gasteiger charge is -2.08. The Hall–Kier alpha value is -1.55. The SMILES string of the molecule is CCOc1ccc(/C=C(/C#N)C(=O)NC(C)C)cc1I. The predicted molar refractivity (Wildman–Crippen MR) is 87.2 cm³/mol. The van der Waals surface area contributed by atoms with Gasteiger partial charge in [-0.1, -0.05) is 6.07 Å². The molecule has 0 aliphatic heterocycles. The van der Waals surface area contributed by atoms with Gasteiger partial charge in [0.2, 0.25) is 0 Å². The number of halogens is 1. The number of ether oxygens (including phenoxy) is 1. The van der Waals surface area contributed by atoms with Crippen molar-refractivity contribution < 1.29 is 9.53 Å². The average molecular weight is 384 g/mol. The predicted octanol–water partition coefficient (Wildman–Crippen LogP) is 3.12. The Bertz CT molecular complexity index is 559. The summed E-state index contributed by atoms with van der Waals surface area (Å²) in [6.45, 7) is 6.23. The Balaban J connectivity index is 2.99. The zero-order valence-corrected chi connectivity index (χ0v) is 13.9. The third kappa shape index (κ3) is 4.85. The van der Waals surface area contributed by atoms with Gasteiger partial charge in [0, 0.05) is 6.04 Å². The van der Waals surface area contributed by atoms with E-state index in [4.69, 9.17) is 10.00 Å². The highest BCUT2D eigenvalue weighted by molar-refractivity contribution is 14.1. The zero-order valence-electron chi connectivity index (χ0n) is 11.7. The number of nitrogens with one attached hydrogen (secondary N) is 1. The van der Waals surface area contributed by atoms with Crippen molar-refractivity contribution in [3.63, 3.8) is 0 Å². The molecule has 0 saturated carbocycles. The molecule has 5 heteroatoms. The third-order valence-corrected chi connectivity index (χ3v) is 3.19. The second kappa shape index (κ2) is 7.90. The number of amides is 1. The number of nitrogens with zero attached hydrogens (tertiary/aromatic N) is 1. The molecule has 1 amide bonds. The quantitative estimate of drug-likeness (QED) is 0.482. The third-order valence-electron chi connectivity index (χ3n) is 2.35. The molecule has 1 aromatic rings. The van der Waals surface area contributed by atoms with Gasteiger partial charge in [0.05, 0.1) is 10.2 Å². The van der Waals surface area contributed by atoms with Gasteiger partial charge in [0.15, 0.2) is 0 Å². The number of nitriles is 1. The average Bonchev–Trinajstić information content (AvgIpc) is 2.38. The summed E-state index contributed by atoms with van der Waals surface area (Å²) in [7, 11) is 0. The number of carbonyl (C=O) groups excluding carboxylic acids is 1. The molecule has 0 aliphatic rings. The lowest BCUT2D eigenvalue weighted by atomic mass is 10.1. The van der Waals surface area contributed by atoms with E-state index in [1.165, 1.54) is 0 Å². The molecule has 0 radical (unpaired) electrons. The van der Waals surface area contributed by atoms with E-state index in [0.717, 1.165) is 14.9 Å². The highest BCUT2D eigenvalue weighted by atomic mass is 127. The second-order valence-corrected chi connectivity index (χ2v) is 5.58. The summed E-state index contributed by atoms with van der Waals surface area (Å²) < 4.78 is 6.39. The Kier molecular flexibility index (Phi) is 6.52. The van der Waals surface area contributed by atoms with Crippen molar-refractivity contribution in [3.8, 4) is 11.8 Å². The molecule has 1 aromatic carbocycles. The van der Waals surface area contributed by atoms with Crippen LogP contribution in [0, 0.1) is 14.9 Å². The van der Waals surface area contributed by atoms with E-state index >= 15 is 0 Å². The first kappa shape index (κ1) is 16.5. The van der Waals surface area contributed by atoms with E-state index < -0.39 is 0 Å². The fourth-order valence-corrected chi connectivity index (χ4v) is 2.23. The van der Waals surface area contributed by atoms with E-state index in [1.807, 2.05) is 45.0 Å². The van der Waals surface area contributed by atoms with Gasteiger partial charge in [-0.25, -0.2) is 0 Å². The van der Waals surface area contributed by atoms with Crippen LogP contribution in [0.25, 0.3) is 6.08 Å². The molecular formula is C15H17IN2O2. The lowest BCUT2D eigenvalue weighted by Crippen LogP contribution is -2.30. The Morgan fingerprint density at radius 3 is 2.75 bits per heavy atom. The monoisotopic (exact) mass is 384 g/mol. The molecule has 0 spiro atoms. The maximum absolute atomic E-state index is 11.8. The lowest BCUT2D eigenvalue weighted by molar-refractivity contribution is -0.117. The van der Waals surface area contributed by atoms with Crippen molar-refractivity contribution >= 4 is 34.6 Å². The van der Waals surface area contributed by atoms with Crippen molar-refractivity contribution in [2.75, 3.05) is 6.61 Å². The molecule has 20 heavy (non-hydrogen) atoms. The number of carbonyl (C=O) groups is 1. The van der Waals surface area contributed by atoms with Crippen LogP contribution in [0.1, 0.15) is 26.3 Å². The normalized spacial score (nSPS) is 11.1. The van der Waals surface area contributed by atoms with Crippen LogP contribution in [0.15, 0.2) is 23.8 Å². The summed E-state index contributed by atoms with van der Waals surface area (Å²) in [5, 5.41) is 11.8. The number of benzene rings is 1. The summed E-state index contributed by atoms with van der Waals surface area (Å²) in [5.41, 5.74) is 0.895. The molecule has 0 saturated heterocycles. The van der Waals surface area contributed by atoms with Crippen LogP contribution in [0.3, 0.4) is 0 Å². The number of rotatable bonds is 5. The topological polar surface area (TPSA) is 62.1 Å². The molecule has 0 aliphatic carbocycles. The summed E-state index contributed by atoms with van der Waals surface area (Å²) in [5.74, 6) is 0.446. The minimum absolute atomic E-state index is 0.000263. The van der Waals surface area contributed by atoms with Gasteiger partial charge in [0.1, 0.15) is 17.4 Å². The van der Waals surface area contributed by atoms with E-state index in [1.54, 1.807) is 6.08 Å². The molecular weight excluding hydrogens is 367 g/mol. The summed E-state index contributed by atoms with van der Waals surface area (Å²) in [4.78, 5) is 11.8. The number of hydrogen-bond donors (Lipinski definition) is 1. The van der Waals surface area contributed by atoms with E-state index in [2.05, 4.69) is 27.9 Å². The molecule has 4 nitrogen and oxygen atoms in total. The van der Waals surface area contributed by atoms with Gasteiger partial charge in [-0.2, -0.15) is 5.26 Å². The van der Waals surface area contributed by atoms with Crippen LogP contribution < -0.4 is 10.1 Å². The first-order valence-corrected chi connectivity index (χ1v) is 7.40. The number of hydrogen-bond acceptors (Lipinski definition) is 3. The first-order chi connectivity index (χ1) is 9.47. The summed E-state index contributed by atoms with van der Waals surface area (Å²) in [6.07, 6.45) is 1.58. The maximum atomic E-state index is 11.8. The van der Waals surface area contributed by atoms with Crippen LogP contribution in [0.5, 0.6) is 5.75 Å². The van der Waals surface area contributed by atoms with Crippen LogP contribution in [0.2, 0.25) is 0 Å². The van der Waals surface area contributed by atoms with Gasteiger partial charge in [-0.15, -0.1) is 0 Å². The highest BCUT2D eigenvalue weighted by Gasteiger charge is 2.10. The maximum Gasteiger partial charge on any atom is 0.262 e. The smallest absolute Gasteiger partial charge is 0.262 e. The Labute approximate surface area is 133 Å². The van der Waals surface area contributed by atoms with Gasteiger partial charge < -0.3 is 10.1 Å². The van der Waals surface area contributed by atoms with Crippen molar-refractivity contribution in [3.05, 3.63) is 32.9 Å². The Morgan fingerprint density at radius 2 is 2.25 bits per heavy atom. The summed E-state index contributed by atoms with van der Waals surface area (Å²) >= 11 is 2.17. The second-order valence-electron chi connectivity index (χ2n) is 4.42. The van der Waals surface area contributed by atoms with Gasteiger partial charge in [-0.3, -0.25) is 4.79 Å². The fourth-order valence-electron chi connectivity index (χ4n) is 1.53. The molecule has 0 unspecified atom stereocenters. The van der Waals surface area contributed by atoms with E-state index in [0.29, 0.717) is 6.61 Å². The van der Waals surface area contributed by atoms with Gasteiger partial charge in [0.25, 0.3) is 5.91 Å². The highest BCUT2D eigenvalue weighted by Crippen LogP contribution is 2.23. The van der Waals surface area contributed by atoms with Crippen molar-refractivity contribution in [2.45, 2.75) is 26.8 Å². The van der Waals surface area contributed by atoms with Crippen molar-refractivity contribution in [2.24, 2.45) is 0 Å². The molecule has 1 N–H and O–H groups in total. The largest absolute Gasteiger partial charge is 0.493 e. The molecule has 0 atom stereocenters. The van der Waals surface area contributed by atoms with Crippen molar-refractivity contribution in [1.82, 2.24) is 5.32 Å². The molecule has 106 valence electrons. The molecule has 0 bridgehead atoms. The van der Waals surface area contributed by atoms with Crippen LogP contribution >= 0.6 is 22.6 Å². The molecule has 0 aromatic heterocycles. The fraction of sp³-hybridized carbons (Fsp3) is 0.333. The van der Waals surface area contributed by atoms with E-state index in [-0.39, 0.29) is 17.5 Å². The standard InChI is InChI=1S/C15H17IN2O2/c1-4-20-14-6-5-11(8-13(14)16)7-12(9-17)15(19)18-10(2)3/h5-8,10H,4H2,1-3H3,(H,18,19)/b12-7-.